The van der Waals surface area contributed by atoms with Crippen molar-refractivity contribution in [1.82, 2.24) is 9.46 Å². The van der Waals surface area contributed by atoms with Gasteiger partial charge in [-0.3, -0.25) is 9.52 Å². The minimum atomic E-state index is -3.88. The van der Waals surface area contributed by atoms with Crippen LogP contribution in [0.25, 0.3) is 0 Å². The zero-order valence-corrected chi connectivity index (χ0v) is 18.8. The number of benzene rings is 1. The molecule has 1 amide bonds. The van der Waals surface area contributed by atoms with Crippen LogP contribution in [0.5, 0.6) is 0 Å². The topological polar surface area (TPSA) is 139 Å². The summed E-state index contributed by atoms with van der Waals surface area (Å²) in [6, 6.07) is 3.48. The van der Waals surface area contributed by atoms with Gasteiger partial charge in [-0.25, -0.2) is 21.2 Å². The second-order valence-corrected chi connectivity index (χ2v) is 11.0. The molecule has 1 aromatic carbocycles. The molecule has 0 saturated carbocycles. The molecule has 1 atom stereocenters. The SMILES string of the molecule is Cc1noc(C)c1S(=O)(=O)N1CCCC(C(=O)Nc2ccc(F)c(NS(C)(=O)=O)c2)C1. The fourth-order valence-corrected chi connectivity index (χ4v) is 5.84. The van der Waals surface area contributed by atoms with Gasteiger partial charge in [0.1, 0.15) is 16.4 Å². The van der Waals surface area contributed by atoms with Crippen molar-refractivity contribution < 1.29 is 30.5 Å². The van der Waals surface area contributed by atoms with Gasteiger partial charge in [-0.1, -0.05) is 5.16 Å². The highest BCUT2D eigenvalue weighted by Crippen LogP contribution is 2.28. The number of halogens is 1. The molecule has 0 aliphatic carbocycles. The first-order chi connectivity index (χ1) is 14.4. The number of hydrogen-bond acceptors (Lipinski definition) is 7. The Morgan fingerprint density at radius 3 is 2.58 bits per heavy atom. The number of carbonyl (C=O) groups excluding carboxylic acids is 1. The van der Waals surface area contributed by atoms with Crippen LogP contribution >= 0.6 is 0 Å². The van der Waals surface area contributed by atoms with Crippen LogP contribution in [0.3, 0.4) is 0 Å². The highest BCUT2D eigenvalue weighted by molar-refractivity contribution is 7.92. The molecule has 0 spiro atoms. The Bertz CT molecular complexity index is 1190. The number of sulfonamides is 2. The van der Waals surface area contributed by atoms with E-state index in [-0.39, 0.29) is 40.8 Å². The predicted molar refractivity (Wildman–Crippen MR) is 111 cm³/mol. The third kappa shape index (κ3) is 5.22. The van der Waals surface area contributed by atoms with Crippen molar-refractivity contribution in [2.45, 2.75) is 31.6 Å². The van der Waals surface area contributed by atoms with Gasteiger partial charge in [0.25, 0.3) is 0 Å². The molecule has 2 heterocycles. The molecule has 0 radical (unpaired) electrons. The first-order valence-corrected chi connectivity index (χ1v) is 12.7. The number of aromatic nitrogens is 1. The number of anilines is 2. The van der Waals surface area contributed by atoms with Crippen LogP contribution in [-0.2, 0) is 24.8 Å². The van der Waals surface area contributed by atoms with Crippen LogP contribution in [-0.4, -0.2) is 51.5 Å². The molecule has 13 heteroatoms. The van der Waals surface area contributed by atoms with Gasteiger partial charge < -0.3 is 9.84 Å². The van der Waals surface area contributed by atoms with E-state index in [0.29, 0.717) is 12.8 Å². The molecular weight excluding hydrogens is 451 g/mol. The van der Waals surface area contributed by atoms with E-state index in [1.54, 1.807) is 0 Å². The van der Waals surface area contributed by atoms with Crippen LogP contribution in [0, 0.1) is 25.6 Å². The quantitative estimate of drug-likeness (QED) is 0.651. The number of hydrogen-bond donors (Lipinski definition) is 2. The van der Waals surface area contributed by atoms with Crippen molar-refractivity contribution in [2.24, 2.45) is 5.92 Å². The first-order valence-electron chi connectivity index (χ1n) is 9.39. The number of amides is 1. The minimum absolute atomic E-state index is 0.00332. The van der Waals surface area contributed by atoms with Crippen LogP contribution in [0.4, 0.5) is 15.8 Å². The smallest absolute Gasteiger partial charge is 0.248 e. The lowest BCUT2D eigenvalue weighted by Gasteiger charge is -2.31. The average molecular weight is 475 g/mol. The van der Waals surface area contributed by atoms with Crippen LogP contribution in [0.1, 0.15) is 24.3 Å². The van der Waals surface area contributed by atoms with E-state index in [1.165, 1.54) is 24.2 Å². The van der Waals surface area contributed by atoms with Crippen LogP contribution in [0.2, 0.25) is 0 Å². The maximum Gasteiger partial charge on any atom is 0.248 e. The van der Waals surface area contributed by atoms with Gasteiger partial charge >= 0.3 is 0 Å². The summed E-state index contributed by atoms with van der Waals surface area (Å²) in [6.45, 7) is 3.27. The molecule has 1 fully saturated rings. The maximum atomic E-state index is 13.8. The molecule has 1 aromatic heterocycles. The first kappa shape index (κ1) is 23.2. The average Bonchev–Trinajstić information content (AvgIpc) is 3.02. The Balaban J connectivity index is 1.75. The molecule has 0 bridgehead atoms. The number of piperidine rings is 1. The number of carbonyl (C=O) groups is 1. The highest BCUT2D eigenvalue weighted by Gasteiger charge is 2.36. The van der Waals surface area contributed by atoms with Crippen molar-refractivity contribution in [2.75, 3.05) is 29.4 Å². The van der Waals surface area contributed by atoms with Gasteiger partial charge in [0, 0.05) is 18.8 Å². The monoisotopic (exact) mass is 474 g/mol. The zero-order chi connectivity index (χ0) is 23.0. The summed E-state index contributed by atoms with van der Waals surface area (Å²) >= 11 is 0. The lowest BCUT2D eigenvalue weighted by Crippen LogP contribution is -2.43. The molecule has 1 unspecified atom stereocenters. The number of nitrogens with zero attached hydrogens (tertiary/aromatic N) is 2. The normalized spacial score (nSPS) is 18.0. The third-order valence-corrected chi connectivity index (χ3v) is 7.55. The van der Waals surface area contributed by atoms with Crippen molar-refractivity contribution in [1.29, 1.82) is 0 Å². The lowest BCUT2D eigenvalue weighted by molar-refractivity contribution is -0.120. The zero-order valence-electron chi connectivity index (χ0n) is 17.2. The molecule has 1 aliphatic rings. The summed E-state index contributed by atoms with van der Waals surface area (Å²) < 4.78 is 70.9. The molecule has 3 rings (SSSR count). The van der Waals surface area contributed by atoms with Crippen molar-refractivity contribution in [3.63, 3.8) is 0 Å². The molecule has 1 aliphatic heterocycles. The van der Waals surface area contributed by atoms with Crippen molar-refractivity contribution in [3.8, 4) is 0 Å². The Labute approximate surface area is 179 Å². The Hall–Kier alpha value is -2.51. The summed E-state index contributed by atoms with van der Waals surface area (Å²) in [5.41, 5.74) is 0.135. The Kier molecular flexibility index (Phi) is 6.39. The van der Waals surface area contributed by atoms with E-state index in [1.807, 2.05) is 4.72 Å². The maximum absolute atomic E-state index is 13.8. The van der Waals surface area contributed by atoms with E-state index in [9.17, 15) is 26.0 Å². The van der Waals surface area contributed by atoms with E-state index >= 15 is 0 Å². The van der Waals surface area contributed by atoms with Gasteiger partial charge in [0.15, 0.2) is 5.76 Å². The van der Waals surface area contributed by atoms with Gasteiger partial charge in [-0.15, -0.1) is 0 Å². The van der Waals surface area contributed by atoms with Crippen molar-refractivity contribution in [3.05, 3.63) is 35.5 Å². The second-order valence-electron chi connectivity index (χ2n) is 7.41. The van der Waals surface area contributed by atoms with E-state index in [4.69, 9.17) is 4.52 Å². The largest absolute Gasteiger partial charge is 0.360 e. The van der Waals surface area contributed by atoms with Gasteiger partial charge in [-0.2, -0.15) is 4.31 Å². The molecule has 31 heavy (non-hydrogen) atoms. The molecule has 1 saturated heterocycles. The Morgan fingerprint density at radius 2 is 1.97 bits per heavy atom. The summed E-state index contributed by atoms with van der Waals surface area (Å²) in [4.78, 5) is 12.7. The molecule has 2 N–H and O–H groups in total. The highest BCUT2D eigenvalue weighted by atomic mass is 32.2. The summed E-state index contributed by atoms with van der Waals surface area (Å²) in [6.07, 6.45) is 1.83. The number of aryl methyl sites for hydroxylation is 2. The Morgan fingerprint density at radius 1 is 1.26 bits per heavy atom. The van der Waals surface area contributed by atoms with E-state index < -0.39 is 37.7 Å². The molecule has 2 aromatic rings. The summed E-state index contributed by atoms with van der Waals surface area (Å²) in [5.74, 6) is -1.70. The predicted octanol–water partition coefficient (Wildman–Crippen LogP) is 1.84. The molecule has 170 valence electrons. The summed E-state index contributed by atoms with van der Waals surface area (Å²) in [7, 11) is -7.59. The van der Waals surface area contributed by atoms with E-state index in [0.717, 1.165) is 18.4 Å². The lowest BCUT2D eigenvalue weighted by atomic mass is 9.98. The van der Waals surface area contributed by atoms with Gasteiger partial charge in [0.05, 0.1) is 17.9 Å². The fraction of sp³-hybridized carbons (Fsp3) is 0.444. The number of rotatable bonds is 6. The minimum Gasteiger partial charge on any atom is -0.360 e. The van der Waals surface area contributed by atoms with E-state index in [2.05, 4.69) is 10.5 Å². The molecule has 10 nitrogen and oxygen atoms in total. The van der Waals surface area contributed by atoms with Gasteiger partial charge in [-0.05, 0) is 44.9 Å². The fourth-order valence-electron chi connectivity index (χ4n) is 3.47. The van der Waals surface area contributed by atoms with Crippen molar-refractivity contribution >= 4 is 37.3 Å². The number of nitrogens with one attached hydrogen (secondary N) is 2. The standard InChI is InChI=1S/C18H23FN4O6S2/c1-11-17(12(2)29-21-11)31(27,28)23-8-4-5-13(10-23)18(24)20-14-6-7-15(19)16(9-14)22-30(3,25)26/h6-7,9,13,22H,4-5,8,10H2,1-3H3,(H,20,24). The van der Waals surface area contributed by atoms with Crippen LogP contribution < -0.4 is 10.0 Å². The third-order valence-electron chi connectivity index (χ3n) is 4.85. The summed E-state index contributed by atoms with van der Waals surface area (Å²) in [5, 5.41) is 6.29. The van der Waals surface area contributed by atoms with Gasteiger partial charge in [0.2, 0.25) is 26.0 Å². The second kappa shape index (κ2) is 8.55. The molecular formula is C18H23FN4O6S2. The van der Waals surface area contributed by atoms with Crippen LogP contribution in [0.15, 0.2) is 27.6 Å².